The molecule has 1 unspecified atom stereocenters. The Morgan fingerprint density at radius 1 is 0.969 bits per heavy atom. The third-order valence-electron chi connectivity index (χ3n) is 13.1. The Bertz CT molecular complexity index is 2440. The number of anilines is 2. The molecular formula is C48H57ClN6O7S2. The molecule has 1 saturated heterocycles. The first-order valence-electron chi connectivity index (χ1n) is 22.0. The van der Waals surface area contributed by atoms with Crippen molar-refractivity contribution in [1.82, 2.24) is 14.5 Å². The third kappa shape index (κ3) is 11.5. The number of allylic oxidation sites excluding steroid dienone is 1. The summed E-state index contributed by atoms with van der Waals surface area (Å²) in [4.78, 5) is 46.0. The molecule has 2 aliphatic heterocycles. The number of esters is 1. The average Bonchev–Trinajstić information content (AvgIpc) is 3.33. The summed E-state index contributed by atoms with van der Waals surface area (Å²) < 4.78 is 35.1. The molecule has 0 saturated carbocycles. The van der Waals surface area contributed by atoms with Crippen LogP contribution in [0.15, 0.2) is 106 Å². The first-order chi connectivity index (χ1) is 30.8. The summed E-state index contributed by atoms with van der Waals surface area (Å²) in [6, 6.07) is 26.3. The van der Waals surface area contributed by atoms with Gasteiger partial charge in [0.1, 0.15) is 12.3 Å². The number of cyclic esters (lactones) is 1. The van der Waals surface area contributed by atoms with Crippen molar-refractivity contribution in [3.8, 4) is 0 Å². The van der Waals surface area contributed by atoms with Crippen LogP contribution in [0.25, 0.3) is 5.57 Å². The van der Waals surface area contributed by atoms with Gasteiger partial charge >= 0.3 is 5.97 Å². The number of halogens is 1. The number of piperazine rings is 1. The van der Waals surface area contributed by atoms with Crippen LogP contribution in [0, 0.1) is 15.5 Å². The first-order valence-corrected chi connectivity index (χ1v) is 24.8. The lowest BCUT2D eigenvalue weighted by atomic mass is 9.67. The number of benzene rings is 4. The highest BCUT2D eigenvalue weighted by Gasteiger charge is 2.35. The lowest BCUT2D eigenvalue weighted by molar-refractivity contribution is -0.384. The van der Waals surface area contributed by atoms with Crippen LogP contribution in [0.1, 0.15) is 78.7 Å². The Labute approximate surface area is 385 Å². The van der Waals surface area contributed by atoms with E-state index in [2.05, 4.69) is 45.8 Å². The molecule has 64 heavy (non-hydrogen) atoms. The molecule has 1 atom stereocenters. The molecule has 13 nitrogen and oxygen atoms in total. The van der Waals surface area contributed by atoms with Crippen molar-refractivity contribution >= 4 is 67.9 Å². The number of hydrogen-bond acceptors (Lipinski definition) is 12. The number of amides is 1. The van der Waals surface area contributed by atoms with Gasteiger partial charge in [-0.25, -0.2) is 17.9 Å². The summed E-state index contributed by atoms with van der Waals surface area (Å²) in [5.41, 5.74) is 4.47. The highest BCUT2D eigenvalue weighted by Crippen LogP contribution is 2.48. The molecule has 2 N–H and O–H groups in total. The van der Waals surface area contributed by atoms with Crippen molar-refractivity contribution in [3.63, 3.8) is 0 Å². The Kier molecular flexibility index (Phi) is 15.4. The molecule has 1 aliphatic carbocycles. The fourth-order valence-corrected chi connectivity index (χ4v) is 11.0. The highest BCUT2D eigenvalue weighted by molar-refractivity contribution is 7.99. The summed E-state index contributed by atoms with van der Waals surface area (Å²) >= 11 is 7.82. The van der Waals surface area contributed by atoms with Crippen molar-refractivity contribution in [3.05, 3.63) is 128 Å². The zero-order valence-electron chi connectivity index (χ0n) is 36.7. The lowest BCUT2D eigenvalue weighted by Gasteiger charge is -2.41. The monoisotopic (exact) mass is 928 g/mol. The molecule has 0 aromatic heterocycles. The Morgan fingerprint density at radius 3 is 2.34 bits per heavy atom. The predicted octanol–water partition coefficient (Wildman–Crippen LogP) is 9.00. The number of sulfonamides is 1. The number of nitrogens with zero attached hydrogens (tertiary/aromatic N) is 4. The van der Waals surface area contributed by atoms with Gasteiger partial charge in [-0.15, -0.1) is 11.8 Å². The lowest BCUT2D eigenvalue weighted by Crippen LogP contribution is -2.47. The van der Waals surface area contributed by atoms with Gasteiger partial charge in [0.15, 0.2) is 0 Å². The van der Waals surface area contributed by atoms with Gasteiger partial charge in [0.25, 0.3) is 21.6 Å². The van der Waals surface area contributed by atoms with E-state index in [0.29, 0.717) is 30.7 Å². The maximum absolute atomic E-state index is 13.8. The molecule has 16 heteroatoms. The first kappa shape index (κ1) is 47.0. The molecule has 1 fully saturated rings. The summed E-state index contributed by atoms with van der Waals surface area (Å²) in [6.45, 7) is 9.86. The van der Waals surface area contributed by atoms with Crippen LogP contribution in [-0.4, -0.2) is 106 Å². The van der Waals surface area contributed by atoms with Crippen molar-refractivity contribution in [2.24, 2.45) is 5.41 Å². The number of likely N-dealkylation sites (N-methyl/N-ethyl adjacent to an activating group) is 1. The SMILES string of the molecule is CCC1(CC)CCC(CN2CCN(c3ccc(C(=O)NS(=O)(=O)c4cc5c(c([N+](=O)[O-])c4)NC(CSc4ccccc4)CCN(C)CCOC5=O)cc3)CC2)=C(c2ccc(Cl)cc2)C1. The topological polar surface area (TPSA) is 154 Å². The fraction of sp³-hybridized carbons (Fsp3) is 0.417. The van der Waals surface area contributed by atoms with E-state index < -0.39 is 37.4 Å². The molecule has 4 aromatic rings. The van der Waals surface area contributed by atoms with E-state index in [-0.39, 0.29) is 29.5 Å². The second-order valence-electron chi connectivity index (χ2n) is 17.0. The van der Waals surface area contributed by atoms with Crippen molar-refractivity contribution in [2.75, 3.05) is 75.4 Å². The van der Waals surface area contributed by atoms with E-state index in [0.717, 1.165) is 86.1 Å². The Morgan fingerprint density at radius 2 is 1.67 bits per heavy atom. The standard InChI is InChI=1S/C48H57ClN6O7S2/c1-4-48(5-2)21-19-36(43(31-48)34-11-15-37(49)16-12-34)32-53-23-25-54(26-24-53)39-17-13-35(14-18-39)46(56)51-64(60,61)41-29-42-45(44(30-41)55(58)59)50-38(33-63-40-9-7-6-8-10-40)20-22-52(3)27-28-62-47(42)57/h6-18,29-30,38,50H,4-5,19-28,31-33H2,1-3H3,(H,51,56). The van der Waals surface area contributed by atoms with Crippen LogP contribution >= 0.6 is 23.4 Å². The van der Waals surface area contributed by atoms with Gasteiger partial charge in [0.05, 0.1) is 15.4 Å². The van der Waals surface area contributed by atoms with E-state index in [9.17, 15) is 28.1 Å². The van der Waals surface area contributed by atoms with E-state index in [1.807, 2.05) is 54.4 Å². The molecule has 1 amide bonds. The van der Waals surface area contributed by atoms with Crippen molar-refractivity contribution in [1.29, 1.82) is 0 Å². The minimum atomic E-state index is -4.69. The number of carbonyl (C=O) groups is 2. The summed E-state index contributed by atoms with van der Waals surface area (Å²) in [5.74, 6) is -1.32. The molecule has 3 aliphatic rings. The van der Waals surface area contributed by atoms with Crippen molar-refractivity contribution in [2.45, 2.75) is 68.2 Å². The van der Waals surface area contributed by atoms with Gasteiger partial charge < -0.3 is 19.9 Å². The second kappa shape index (κ2) is 20.9. The third-order valence-corrected chi connectivity index (χ3v) is 15.8. The maximum atomic E-state index is 13.8. The van der Waals surface area contributed by atoms with E-state index in [1.54, 1.807) is 36.0 Å². The molecular weight excluding hydrogens is 872 g/mol. The van der Waals surface area contributed by atoms with Gasteiger partial charge in [0, 0.05) is 78.3 Å². The van der Waals surface area contributed by atoms with Crippen LogP contribution in [0.2, 0.25) is 5.02 Å². The smallest absolute Gasteiger partial charge is 0.340 e. The minimum Gasteiger partial charge on any atom is -0.461 e. The average molecular weight is 930 g/mol. The van der Waals surface area contributed by atoms with Crippen LogP contribution < -0.4 is 14.9 Å². The van der Waals surface area contributed by atoms with Gasteiger partial charge in [-0.2, -0.15) is 0 Å². The number of nitrogens with one attached hydrogen (secondary N) is 2. The second-order valence-corrected chi connectivity index (χ2v) is 20.2. The van der Waals surface area contributed by atoms with Crippen LogP contribution in [-0.2, 0) is 14.8 Å². The summed E-state index contributed by atoms with van der Waals surface area (Å²) in [5, 5.41) is 16.5. The maximum Gasteiger partial charge on any atom is 0.340 e. The van der Waals surface area contributed by atoms with Crippen LogP contribution in [0.5, 0.6) is 0 Å². The summed E-state index contributed by atoms with van der Waals surface area (Å²) in [6.07, 6.45) is 6.25. The number of thioether (sulfide) groups is 1. The molecule has 0 radical (unpaired) electrons. The summed E-state index contributed by atoms with van der Waals surface area (Å²) in [7, 11) is -2.80. The molecule has 0 bridgehead atoms. The van der Waals surface area contributed by atoms with Crippen molar-refractivity contribution < 1.29 is 27.7 Å². The normalized spacial score (nSPS) is 18.9. The number of nitro groups is 1. The molecule has 7 rings (SSSR count). The van der Waals surface area contributed by atoms with Gasteiger partial charge in [-0.1, -0.05) is 74.2 Å². The number of hydrogen-bond donors (Lipinski definition) is 2. The highest BCUT2D eigenvalue weighted by atomic mass is 35.5. The van der Waals surface area contributed by atoms with Crippen LogP contribution in [0.4, 0.5) is 17.1 Å². The van der Waals surface area contributed by atoms with Gasteiger partial charge in [0.2, 0.25) is 0 Å². The van der Waals surface area contributed by atoms with E-state index in [1.165, 1.54) is 23.1 Å². The number of fused-ring (bicyclic) bond motifs is 1. The molecule has 4 aromatic carbocycles. The predicted molar refractivity (Wildman–Crippen MR) is 255 cm³/mol. The Hall–Kier alpha value is -4.93. The quantitative estimate of drug-likeness (QED) is 0.0569. The fourth-order valence-electron chi connectivity index (χ4n) is 8.83. The Balaban J connectivity index is 1.03. The van der Waals surface area contributed by atoms with Gasteiger partial charge in [-0.05, 0) is 110 Å². The molecule has 2 heterocycles. The number of rotatable bonds is 13. The largest absolute Gasteiger partial charge is 0.461 e. The van der Waals surface area contributed by atoms with Gasteiger partial charge in [-0.3, -0.25) is 19.8 Å². The molecule has 340 valence electrons. The number of nitro benzene ring substituents is 1. The number of carbonyl (C=O) groups excluding carboxylic acids is 2. The van der Waals surface area contributed by atoms with Crippen LogP contribution in [0.3, 0.4) is 0 Å². The van der Waals surface area contributed by atoms with E-state index >= 15 is 0 Å². The zero-order valence-corrected chi connectivity index (χ0v) is 39.1. The molecule has 0 spiro atoms. The minimum absolute atomic E-state index is 0.00555. The number of ether oxygens (including phenoxy) is 1. The zero-order chi connectivity index (χ0) is 45.4. The van der Waals surface area contributed by atoms with E-state index in [4.69, 9.17) is 16.3 Å².